The molecule has 0 unspecified atom stereocenters. The molecule has 0 spiro atoms. The van der Waals surface area contributed by atoms with Gasteiger partial charge in [0, 0.05) is 0 Å². The third kappa shape index (κ3) is 1.92. The molecule has 3 nitrogen and oxygen atoms in total. The molecule has 0 atom stereocenters. The second kappa shape index (κ2) is 2.81. The van der Waals surface area contributed by atoms with Crippen LogP contribution >= 0.6 is 11.6 Å². The average Bonchev–Trinajstić information content (AvgIpc) is 1.86. The van der Waals surface area contributed by atoms with Crippen LogP contribution in [0.25, 0.3) is 0 Å². The van der Waals surface area contributed by atoms with Gasteiger partial charge in [0.1, 0.15) is 4.90 Å². The molecule has 1 N–H and O–H groups in total. The first kappa shape index (κ1) is 8.52. The van der Waals surface area contributed by atoms with Gasteiger partial charge in [-0.15, -0.1) is 0 Å². The SMILES string of the molecule is O=S(=O)(O)c1cc[c]cc1Cl. The maximum atomic E-state index is 10.5. The molecule has 1 radical (unpaired) electrons. The molecule has 0 aliphatic carbocycles. The van der Waals surface area contributed by atoms with E-state index in [9.17, 15) is 8.42 Å². The smallest absolute Gasteiger partial charge is 0.282 e. The molecule has 0 amide bonds. The second-order valence-corrected chi connectivity index (χ2v) is 3.63. The van der Waals surface area contributed by atoms with E-state index in [1.807, 2.05) is 0 Å². The van der Waals surface area contributed by atoms with Crippen molar-refractivity contribution in [3.05, 3.63) is 29.3 Å². The number of halogens is 1. The highest BCUT2D eigenvalue weighted by Gasteiger charge is 2.12. The van der Waals surface area contributed by atoms with Crippen molar-refractivity contribution in [1.29, 1.82) is 0 Å². The van der Waals surface area contributed by atoms with Crippen LogP contribution in [0.1, 0.15) is 0 Å². The van der Waals surface area contributed by atoms with Crippen LogP contribution in [0, 0.1) is 6.07 Å². The Hall–Kier alpha value is -0.580. The van der Waals surface area contributed by atoms with E-state index in [-0.39, 0.29) is 9.92 Å². The van der Waals surface area contributed by atoms with E-state index in [4.69, 9.17) is 16.2 Å². The Labute approximate surface area is 69.4 Å². The van der Waals surface area contributed by atoms with Gasteiger partial charge in [0.15, 0.2) is 0 Å². The lowest BCUT2D eigenvalue weighted by Gasteiger charge is -1.96. The summed E-state index contributed by atoms with van der Waals surface area (Å²) < 4.78 is 29.6. The molecular formula is C6H4ClO3S. The lowest BCUT2D eigenvalue weighted by molar-refractivity contribution is 0.483. The molecule has 0 aliphatic rings. The Balaban J connectivity index is 3.37. The first-order chi connectivity index (χ1) is 5.02. The highest BCUT2D eigenvalue weighted by Crippen LogP contribution is 2.19. The number of benzene rings is 1. The minimum absolute atomic E-state index is 0.0324. The summed E-state index contributed by atoms with van der Waals surface area (Å²) in [5.41, 5.74) is 0. The van der Waals surface area contributed by atoms with Crippen molar-refractivity contribution >= 4 is 21.7 Å². The summed E-state index contributed by atoms with van der Waals surface area (Å²) >= 11 is 5.44. The Morgan fingerprint density at radius 2 is 2.18 bits per heavy atom. The molecule has 0 bridgehead atoms. The molecule has 1 rings (SSSR count). The molecule has 5 heteroatoms. The second-order valence-electron chi connectivity index (χ2n) is 1.83. The van der Waals surface area contributed by atoms with E-state index in [0.717, 1.165) is 0 Å². The zero-order valence-electron chi connectivity index (χ0n) is 5.28. The summed E-state index contributed by atoms with van der Waals surface area (Å²) in [4.78, 5) is -0.294. The van der Waals surface area contributed by atoms with Gasteiger partial charge in [-0.1, -0.05) is 17.7 Å². The van der Waals surface area contributed by atoms with Gasteiger partial charge < -0.3 is 0 Å². The normalized spacial score (nSPS) is 11.5. The van der Waals surface area contributed by atoms with Gasteiger partial charge in [-0.3, -0.25) is 4.55 Å². The summed E-state index contributed by atoms with van der Waals surface area (Å²) in [7, 11) is -4.19. The maximum absolute atomic E-state index is 10.5. The standard InChI is InChI=1S/C6H4ClO3S/c7-5-3-1-2-4-6(5)11(8,9)10/h2-4H,(H,8,9,10). The molecule has 0 aliphatic heterocycles. The van der Waals surface area contributed by atoms with Crippen molar-refractivity contribution in [2.45, 2.75) is 4.90 Å². The van der Waals surface area contributed by atoms with Crippen LogP contribution < -0.4 is 0 Å². The van der Waals surface area contributed by atoms with Gasteiger partial charge in [0.05, 0.1) is 5.02 Å². The predicted molar refractivity (Wildman–Crippen MR) is 40.1 cm³/mol. The first-order valence-electron chi connectivity index (χ1n) is 2.65. The average molecular weight is 192 g/mol. The molecule has 0 heterocycles. The van der Waals surface area contributed by atoms with Crippen LogP contribution in [-0.2, 0) is 10.1 Å². The van der Waals surface area contributed by atoms with Crippen LogP contribution in [0.4, 0.5) is 0 Å². The molecule has 59 valence electrons. The minimum atomic E-state index is -4.19. The van der Waals surface area contributed by atoms with Crippen molar-refractivity contribution in [2.24, 2.45) is 0 Å². The van der Waals surface area contributed by atoms with Gasteiger partial charge in [0.25, 0.3) is 10.1 Å². The lowest BCUT2D eigenvalue weighted by atomic mass is 10.4. The van der Waals surface area contributed by atoms with Gasteiger partial charge >= 0.3 is 0 Å². The van der Waals surface area contributed by atoms with E-state index >= 15 is 0 Å². The summed E-state index contributed by atoms with van der Waals surface area (Å²) in [5.74, 6) is 0. The summed E-state index contributed by atoms with van der Waals surface area (Å²) in [6.45, 7) is 0. The molecule has 0 aromatic heterocycles. The highest BCUT2D eigenvalue weighted by molar-refractivity contribution is 7.86. The molecule has 0 saturated carbocycles. The van der Waals surface area contributed by atoms with Crippen LogP contribution in [0.5, 0.6) is 0 Å². The summed E-state index contributed by atoms with van der Waals surface area (Å²) in [5, 5.41) is -0.0324. The Morgan fingerprint density at radius 1 is 1.55 bits per heavy atom. The van der Waals surface area contributed by atoms with Gasteiger partial charge in [-0.2, -0.15) is 8.42 Å². The monoisotopic (exact) mass is 191 g/mol. The molecule has 0 fully saturated rings. The molecule has 11 heavy (non-hydrogen) atoms. The van der Waals surface area contributed by atoms with Crippen LogP contribution in [0.3, 0.4) is 0 Å². The maximum Gasteiger partial charge on any atom is 0.296 e. The van der Waals surface area contributed by atoms with Crippen LogP contribution in [0.2, 0.25) is 5.02 Å². The number of rotatable bonds is 1. The van der Waals surface area contributed by atoms with Gasteiger partial charge in [0.2, 0.25) is 0 Å². The zero-order chi connectivity index (χ0) is 8.48. The third-order valence-corrected chi connectivity index (χ3v) is 2.39. The van der Waals surface area contributed by atoms with Crippen molar-refractivity contribution in [3.63, 3.8) is 0 Å². The fourth-order valence-electron chi connectivity index (χ4n) is 0.605. The number of hydrogen-bond acceptors (Lipinski definition) is 2. The molecule has 1 aromatic rings. The topological polar surface area (TPSA) is 54.4 Å². The van der Waals surface area contributed by atoms with Gasteiger partial charge in [-0.05, 0) is 18.2 Å². The predicted octanol–water partition coefficient (Wildman–Crippen LogP) is 1.39. The fraction of sp³-hybridized carbons (Fsp3) is 0. The van der Waals surface area contributed by atoms with Crippen molar-refractivity contribution in [2.75, 3.05) is 0 Å². The fourth-order valence-corrected chi connectivity index (χ4v) is 1.57. The minimum Gasteiger partial charge on any atom is -0.282 e. The van der Waals surface area contributed by atoms with Crippen LogP contribution in [0.15, 0.2) is 23.1 Å². The first-order valence-corrected chi connectivity index (χ1v) is 4.47. The van der Waals surface area contributed by atoms with Crippen molar-refractivity contribution in [3.8, 4) is 0 Å². The highest BCUT2D eigenvalue weighted by atomic mass is 35.5. The van der Waals surface area contributed by atoms with E-state index < -0.39 is 10.1 Å². The molecule has 1 aromatic carbocycles. The van der Waals surface area contributed by atoms with Crippen molar-refractivity contribution in [1.82, 2.24) is 0 Å². The number of hydrogen-bond donors (Lipinski definition) is 1. The summed E-state index contributed by atoms with van der Waals surface area (Å²) in [6, 6.07) is 6.37. The molecular weight excluding hydrogens is 188 g/mol. The van der Waals surface area contributed by atoms with E-state index in [1.165, 1.54) is 18.2 Å². The third-order valence-electron chi connectivity index (χ3n) is 1.05. The Kier molecular flexibility index (Phi) is 2.17. The van der Waals surface area contributed by atoms with Crippen molar-refractivity contribution < 1.29 is 13.0 Å². The molecule has 0 saturated heterocycles. The van der Waals surface area contributed by atoms with Crippen LogP contribution in [-0.4, -0.2) is 13.0 Å². The van der Waals surface area contributed by atoms with E-state index in [0.29, 0.717) is 0 Å². The summed E-state index contributed by atoms with van der Waals surface area (Å²) in [6.07, 6.45) is 0. The zero-order valence-corrected chi connectivity index (χ0v) is 6.85. The Morgan fingerprint density at radius 3 is 2.55 bits per heavy atom. The Bertz CT molecular complexity index is 358. The largest absolute Gasteiger partial charge is 0.296 e. The quantitative estimate of drug-likeness (QED) is 0.683. The lowest BCUT2D eigenvalue weighted by Crippen LogP contribution is -1.98. The van der Waals surface area contributed by atoms with E-state index in [1.54, 1.807) is 0 Å². The van der Waals surface area contributed by atoms with E-state index in [2.05, 4.69) is 6.07 Å². The van der Waals surface area contributed by atoms with Gasteiger partial charge in [-0.25, -0.2) is 0 Å².